The maximum absolute atomic E-state index is 13.0. The van der Waals surface area contributed by atoms with Crippen LogP contribution in [0.25, 0.3) is 0 Å². The van der Waals surface area contributed by atoms with Crippen molar-refractivity contribution in [3.8, 4) is 0 Å². The second-order valence-corrected chi connectivity index (χ2v) is 10.6. The van der Waals surface area contributed by atoms with Gasteiger partial charge in [-0.1, -0.05) is 19.9 Å². The molecular formula is C18H28N4O4S2. The fourth-order valence-corrected chi connectivity index (χ4v) is 5.49. The maximum atomic E-state index is 13.0. The molecule has 2 amide bonds. The van der Waals surface area contributed by atoms with Gasteiger partial charge in [0.05, 0.1) is 6.54 Å². The minimum absolute atomic E-state index is 0.0334. The predicted octanol–water partition coefficient (Wildman–Crippen LogP) is 0.474. The summed E-state index contributed by atoms with van der Waals surface area (Å²) in [5.74, 6) is -0.354. The van der Waals surface area contributed by atoms with Gasteiger partial charge in [0, 0.05) is 32.2 Å². The Bertz CT molecular complexity index is 783. The number of hydrogen-bond donors (Lipinski definition) is 2. The smallest absolute Gasteiger partial charge is 0.250 e. The van der Waals surface area contributed by atoms with Gasteiger partial charge < -0.3 is 10.2 Å². The molecule has 0 radical (unpaired) electrons. The van der Waals surface area contributed by atoms with E-state index in [4.69, 9.17) is 0 Å². The van der Waals surface area contributed by atoms with Gasteiger partial charge in [0.15, 0.2) is 0 Å². The molecule has 0 unspecified atom stereocenters. The lowest BCUT2D eigenvalue weighted by Gasteiger charge is -2.36. The molecule has 10 heteroatoms. The van der Waals surface area contributed by atoms with Crippen LogP contribution in [0.5, 0.6) is 0 Å². The third-order valence-electron chi connectivity index (χ3n) is 4.97. The Morgan fingerprint density at radius 2 is 1.89 bits per heavy atom. The van der Waals surface area contributed by atoms with E-state index in [0.717, 1.165) is 24.2 Å². The van der Waals surface area contributed by atoms with Gasteiger partial charge in [-0.3, -0.25) is 14.5 Å². The zero-order chi connectivity index (χ0) is 20.3. The Morgan fingerprint density at radius 3 is 2.43 bits per heavy atom. The second-order valence-electron chi connectivity index (χ2n) is 7.72. The Morgan fingerprint density at radius 1 is 1.21 bits per heavy atom. The topological polar surface area (TPSA) is 98.8 Å². The lowest BCUT2D eigenvalue weighted by atomic mass is 10.0. The van der Waals surface area contributed by atoms with E-state index in [-0.39, 0.29) is 21.9 Å². The average Bonchev–Trinajstić information content (AvgIpc) is 3.26. The standard InChI is InChI=1S/C18H28N4O4S2/c1-13(2)17(20-28(25,26)16-4-3-11-27-16)18(24)22-9-7-21(8-10-22)12-15(23)19-14-5-6-14/h3-4,11,13-14,17,20H,5-10,12H2,1-2H3,(H,19,23)/t17-/m0/s1. The first-order valence-electron chi connectivity index (χ1n) is 9.62. The molecule has 1 aliphatic carbocycles. The van der Waals surface area contributed by atoms with Crippen LogP contribution in [0.4, 0.5) is 0 Å². The molecule has 2 heterocycles. The van der Waals surface area contributed by atoms with Crippen LogP contribution in [0.1, 0.15) is 26.7 Å². The van der Waals surface area contributed by atoms with Crippen molar-refractivity contribution in [3.05, 3.63) is 17.5 Å². The van der Waals surface area contributed by atoms with Crippen molar-refractivity contribution in [1.29, 1.82) is 0 Å². The fourth-order valence-electron chi connectivity index (χ4n) is 3.14. The Hall–Kier alpha value is -1.49. The van der Waals surface area contributed by atoms with Crippen LogP contribution in [-0.4, -0.2) is 74.8 Å². The van der Waals surface area contributed by atoms with E-state index >= 15 is 0 Å². The first-order valence-corrected chi connectivity index (χ1v) is 12.0. The molecule has 1 saturated heterocycles. The van der Waals surface area contributed by atoms with Crippen LogP contribution in [0.15, 0.2) is 21.7 Å². The summed E-state index contributed by atoms with van der Waals surface area (Å²) in [6.07, 6.45) is 2.12. The molecule has 8 nitrogen and oxygen atoms in total. The number of amides is 2. The van der Waals surface area contributed by atoms with Crippen LogP contribution < -0.4 is 10.0 Å². The molecule has 2 fully saturated rings. The molecule has 3 rings (SSSR count). The van der Waals surface area contributed by atoms with Crippen molar-refractivity contribution >= 4 is 33.2 Å². The molecule has 1 saturated carbocycles. The number of nitrogens with one attached hydrogen (secondary N) is 2. The average molecular weight is 429 g/mol. The van der Waals surface area contributed by atoms with Crippen LogP contribution in [0.3, 0.4) is 0 Å². The van der Waals surface area contributed by atoms with Gasteiger partial charge in [0.25, 0.3) is 10.0 Å². The molecule has 0 aromatic carbocycles. The Kier molecular flexibility index (Phi) is 6.74. The largest absolute Gasteiger partial charge is 0.352 e. The van der Waals surface area contributed by atoms with Crippen molar-refractivity contribution in [2.45, 2.75) is 43.0 Å². The van der Waals surface area contributed by atoms with Gasteiger partial charge in [-0.25, -0.2) is 8.42 Å². The zero-order valence-electron chi connectivity index (χ0n) is 16.3. The molecule has 156 valence electrons. The lowest BCUT2D eigenvalue weighted by Crippen LogP contribution is -2.57. The summed E-state index contributed by atoms with van der Waals surface area (Å²) in [7, 11) is -3.72. The first-order chi connectivity index (χ1) is 13.3. The zero-order valence-corrected chi connectivity index (χ0v) is 17.9. The molecule has 28 heavy (non-hydrogen) atoms. The lowest BCUT2D eigenvalue weighted by molar-refractivity contribution is -0.136. The van der Waals surface area contributed by atoms with E-state index in [2.05, 4.69) is 10.0 Å². The van der Waals surface area contributed by atoms with Gasteiger partial charge in [-0.15, -0.1) is 11.3 Å². The quantitative estimate of drug-likeness (QED) is 0.627. The fraction of sp³-hybridized carbons (Fsp3) is 0.667. The number of rotatable bonds is 8. The second kappa shape index (κ2) is 8.89. The molecule has 1 aliphatic heterocycles. The van der Waals surface area contributed by atoms with E-state index in [1.165, 1.54) is 6.07 Å². The summed E-state index contributed by atoms with van der Waals surface area (Å²) in [6, 6.07) is 2.74. The highest BCUT2D eigenvalue weighted by atomic mass is 32.2. The van der Waals surface area contributed by atoms with Gasteiger partial charge in [-0.2, -0.15) is 4.72 Å². The summed E-state index contributed by atoms with van der Waals surface area (Å²) >= 11 is 1.13. The third kappa shape index (κ3) is 5.53. The highest BCUT2D eigenvalue weighted by Crippen LogP contribution is 2.19. The van der Waals surface area contributed by atoms with Crippen molar-refractivity contribution in [3.63, 3.8) is 0 Å². The molecule has 2 aliphatic rings. The monoisotopic (exact) mass is 428 g/mol. The van der Waals surface area contributed by atoms with Crippen molar-refractivity contribution < 1.29 is 18.0 Å². The number of carbonyl (C=O) groups is 2. The number of hydrogen-bond acceptors (Lipinski definition) is 6. The van der Waals surface area contributed by atoms with Crippen LogP contribution in [0.2, 0.25) is 0 Å². The predicted molar refractivity (Wildman–Crippen MR) is 107 cm³/mol. The van der Waals surface area contributed by atoms with Crippen molar-refractivity contribution in [1.82, 2.24) is 19.8 Å². The van der Waals surface area contributed by atoms with Crippen molar-refractivity contribution in [2.75, 3.05) is 32.7 Å². The summed E-state index contributed by atoms with van der Waals surface area (Å²) in [6.45, 7) is 6.19. The van der Waals surface area contributed by atoms with Crippen LogP contribution in [-0.2, 0) is 19.6 Å². The van der Waals surface area contributed by atoms with Crippen molar-refractivity contribution in [2.24, 2.45) is 5.92 Å². The van der Waals surface area contributed by atoms with Gasteiger partial charge in [0.1, 0.15) is 10.3 Å². The Balaban J connectivity index is 1.54. The molecule has 2 N–H and O–H groups in total. The van der Waals surface area contributed by atoms with E-state index in [1.807, 2.05) is 18.7 Å². The Labute approximate surface area is 170 Å². The summed E-state index contributed by atoms with van der Waals surface area (Å²) in [5.41, 5.74) is 0. The highest BCUT2D eigenvalue weighted by molar-refractivity contribution is 7.91. The van der Waals surface area contributed by atoms with Gasteiger partial charge in [-0.05, 0) is 30.2 Å². The van der Waals surface area contributed by atoms with E-state index < -0.39 is 16.1 Å². The first kappa shape index (κ1) is 21.2. The summed E-state index contributed by atoms with van der Waals surface area (Å²) < 4.78 is 27.9. The number of piperazine rings is 1. The van der Waals surface area contributed by atoms with Crippen LogP contribution >= 0.6 is 11.3 Å². The van der Waals surface area contributed by atoms with Gasteiger partial charge >= 0.3 is 0 Å². The van der Waals surface area contributed by atoms with Gasteiger partial charge in [0.2, 0.25) is 11.8 Å². The molecule has 1 aromatic heterocycles. The molecule has 0 bridgehead atoms. The minimum Gasteiger partial charge on any atom is -0.352 e. The highest BCUT2D eigenvalue weighted by Gasteiger charge is 2.33. The summed E-state index contributed by atoms with van der Waals surface area (Å²) in [5, 5.41) is 4.66. The van der Waals surface area contributed by atoms with E-state index in [1.54, 1.807) is 16.3 Å². The molecule has 0 spiro atoms. The number of thiophene rings is 1. The number of carbonyl (C=O) groups excluding carboxylic acids is 2. The number of nitrogens with zero attached hydrogens (tertiary/aromatic N) is 2. The maximum Gasteiger partial charge on any atom is 0.250 e. The normalized spacial score (nSPS) is 19.6. The van der Waals surface area contributed by atoms with E-state index in [9.17, 15) is 18.0 Å². The SMILES string of the molecule is CC(C)[C@H](NS(=O)(=O)c1cccs1)C(=O)N1CCN(CC(=O)NC2CC2)CC1. The molecule has 1 aromatic rings. The molecule has 1 atom stereocenters. The summed E-state index contributed by atoms with van der Waals surface area (Å²) in [4.78, 5) is 28.6. The number of sulfonamides is 1. The van der Waals surface area contributed by atoms with E-state index in [0.29, 0.717) is 38.8 Å². The third-order valence-corrected chi connectivity index (χ3v) is 7.81. The van der Waals surface area contributed by atoms with Crippen LogP contribution in [0, 0.1) is 5.92 Å². The minimum atomic E-state index is -3.72. The molecular weight excluding hydrogens is 400 g/mol.